The van der Waals surface area contributed by atoms with E-state index in [0.29, 0.717) is 0 Å². The summed E-state index contributed by atoms with van der Waals surface area (Å²) < 4.78 is 5.96. The van der Waals surface area contributed by atoms with Gasteiger partial charge in [-0.2, -0.15) is 0 Å². The number of furan rings is 1. The van der Waals surface area contributed by atoms with Crippen molar-refractivity contribution < 1.29 is 4.42 Å². The van der Waals surface area contributed by atoms with Crippen molar-refractivity contribution in [2.24, 2.45) is 0 Å². The Balaban J connectivity index is 1.84. The van der Waals surface area contributed by atoms with Crippen LogP contribution >= 0.6 is 0 Å². The predicted molar refractivity (Wildman–Crippen MR) is 83.7 cm³/mol. The molecule has 3 heteroatoms. The van der Waals surface area contributed by atoms with E-state index in [2.05, 4.69) is 36.2 Å². The van der Waals surface area contributed by atoms with E-state index in [-0.39, 0.29) is 0 Å². The third-order valence-electron chi connectivity index (χ3n) is 4.17. The molecule has 114 valence electrons. The summed E-state index contributed by atoms with van der Waals surface area (Å²) in [6.45, 7) is 8.60. The molecule has 1 aromatic heterocycles. The Morgan fingerprint density at radius 2 is 2.05 bits per heavy atom. The molecule has 0 radical (unpaired) electrons. The van der Waals surface area contributed by atoms with Gasteiger partial charge in [-0.25, -0.2) is 0 Å². The lowest BCUT2D eigenvalue weighted by atomic mass is 9.98. The van der Waals surface area contributed by atoms with Crippen LogP contribution in [0.5, 0.6) is 0 Å². The zero-order chi connectivity index (χ0) is 14.2. The number of nitrogens with zero attached hydrogens (tertiary/aromatic N) is 1. The van der Waals surface area contributed by atoms with Crippen molar-refractivity contribution in [3.8, 4) is 0 Å². The molecule has 1 N–H and O–H groups in total. The Labute approximate surface area is 123 Å². The van der Waals surface area contributed by atoms with Gasteiger partial charge in [-0.05, 0) is 50.9 Å². The van der Waals surface area contributed by atoms with Crippen LogP contribution in [0.25, 0.3) is 0 Å². The predicted octanol–water partition coefficient (Wildman–Crippen LogP) is 3.93. The average Bonchev–Trinajstić information content (AvgIpc) is 2.89. The zero-order valence-corrected chi connectivity index (χ0v) is 13.2. The van der Waals surface area contributed by atoms with Crippen molar-refractivity contribution in [3.05, 3.63) is 23.7 Å². The maximum Gasteiger partial charge on any atom is 0.118 e. The highest BCUT2D eigenvalue weighted by Gasteiger charge is 2.22. The molecule has 1 atom stereocenters. The fourth-order valence-electron chi connectivity index (χ4n) is 3.12. The molecule has 0 amide bonds. The van der Waals surface area contributed by atoms with Gasteiger partial charge in [-0.3, -0.25) is 4.90 Å². The number of hydrogen-bond donors (Lipinski definition) is 1. The van der Waals surface area contributed by atoms with E-state index >= 15 is 0 Å². The number of rotatable bonds is 8. The molecule has 2 heterocycles. The molecule has 0 aliphatic carbocycles. The van der Waals surface area contributed by atoms with Gasteiger partial charge in [0.25, 0.3) is 0 Å². The van der Waals surface area contributed by atoms with Gasteiger partial charge in [-0.1, -0.05) is 26.7 Å². The van der Waals surface area contributed by atoms with Crippen molar-refractivity contribution in [3.63, 3.8) is 0 Å². The van der Waals surface area contributed by atoms with E-state index < -0.39 is 0 Å². The fourth-order valence-corrected chi connectivity index (χ4v) is 3.12. The lowest BCUT2D eigenvalue weighted by Crippen LogP contribution is -2.38. The molecule has 0 saturated carbocycles. The first kappa shape index (κ1) is 15.6. The van der Waals surface area contributed by atoms with Gasteiger partial charge in [-0.15, -0.1) is 0 Å². The highest BCUT2D eigenvalue weighted by atomic mass is 16.3. The second kappa shape index (κ2) is 8.48. The Hall–Kier alpha value is -0.800. The third-order valence-corrected chi connectivity index (χ3v) is 4.17. The van der Waals surface area contributed by atoms with E-state index in [1.165, 1.54) is 45.1 Å². The minimum Gasteiger partial charge on any atom is -0.463 e. The molecule has 1 fully saturated rings. The minimum atomic E-state index is 0.764. The molecule has 1 aromatic rings. The molecule has 20 heavy (non-hydrogen) atoms. The van der Waals surface area contributed by atoms with Gasteiger partial charge in [0.05, 0.1) is 13.1 Å². The fraction of sp³-hybridized carbons (Fsp3) is 0.765. The van der Waals surface area contributed by atoms with E-state index in [4.69, 9.17) is 4.42 Å². The third kappa shape index (κ3) is 4.64. The van der Waals surface area contributed by atoms with Crippen molar-refractivity contribution in [1.82, 2.24) is 10.2 Å². The molecule has 0 aromatic carbocycles. The summed E-state index contributed by atoms with van der Waals surface area (Å²) in [5, 5.41) is 3.39. The van der Waals surface area contributed by atoms with Crippen molar-refractivity contribution in [2.45, 2.75) is 71.5 Å². The summed E-state index contributed by atoms with van der Waals surface area (Å²) in [4.78, 5) is 2.62. The number of nitrogens with one attached hydrogen (secondary N) is 1. The van der Waals surface area contributed by atoms with E-state index in [1.807, 2.05) is 0 Å². The molecule has 1 aliphatic rings. The molecular formula is C17H30N2O. The molecule has 3 nitrogen and oxygen atoms in total. The monoisotopic (exact) mass is 278 g/mol. The van der Waals surface area contributed by atoms with E-state index in [9.17, 15) is 0 Å². The quantitative estimate of drug-likeness (QED) is 0.730. The van der Waals surface area contributed by atoms with Crippen LogP contribution in [-0.4, -0.2) is 24.0 Å². The summed E-state index contributed by atoms with van der Waals surface area (Å²) in [6, 6.07) is 5.04. The second-order valence-electron chi connectivity index (χ2n) is 5.95. The highest BCUT2D eigenvalue weighted by Crippen LogP contribution is 2.23. The summed E-state index contributed by atoms with van der Waals surface area (Å²) in [5.74, 6) is 2.19. The van der Waals surface area contributed by atoms with Crippen molar-refractivity contribution in [2.75, 3.05) is 13.1 Å². The van der Waals surface area contributed by atoms with Gasteiger partial charge in [0.2, 0.25) is 0 Å². The second-order valence-corrected chi connectivity index (χ2v) is 5.95. The maximum absolute atomic E-state index is 5.96. The Morgan fingerprint density at radius 1 is 1.20 bits per heavy atom. The summed E-state index contributed by atoms with van der Waals surface area (Å²) in [5.41, 5.74) is 0. The Bertz CT molecular complexity index is 373. The summed E-state index contributed by atoms with van der Waals surface area (Å²) >= 11 is 0. The van der Waals surface area contributed by atoms with Gasteiger partial charge in [0.1, 0.15) is 11.5 Å². The smallest absolute Gasteiger partial charge is 0.118 e. The van der Waals surface area contributed by atoms with Crippen molar-refractivity contribution in [1.29, 1.82) is 0 Å². The number of piperidine rings is 1. The van der Waals surface area contributed by atoms with Gasteiger partial charge >= 0.3 is 0 Å². The molecule has 2 rings (SSSR count). The SMILES string of the molecule is CCCNCc1ccc(CN2CCCCC2CCC)o1. The molecule has 1 saturated heterocycles. The molecule has 1 aliphatic heterocycles. The number of likely N-dealkylation sites (tertiary alicyclic amines) is 1. The van der Waals surface area contributed by atoms with Gasteiger partial charge in [0, 0.05) is 6.04 Å². The molecule has 0 bridgehead atoms. The van der Waals surface area contributed by atoms with Crippen LogP contribution in [0, 0.1) is 0 Å². The van der Waals surface area contributed by atoms with Crippen LogP contribution in [-0.2, 0) is 13.1 Å². The van der Waals surface area contributed by atoms with E-state index in [1.54, 1.807) is 0 Å². The lowest BCUT2D eigenvalue weighted by molar-refractivity contribution is 0.121. The first-order valence-corrected chi connectivity index (χ1v) is 8.35. The molecule has 1 unspecified atom stereocenters. The summed E-state index contributed by atoms with van der Waals surface area (Å²) in [6.07, 6.45) is 7.87. The Morgan fingerprint density at radius 3 is 2.85 bits per heavy atom. The van der Waals surface area contributed by atoms with Crippen LogP contribution in [0.3, 0.4) is 0 Å². The Kier molecular flexibility index (Phi) is 6.61. The zero-order valence-electron chi connectivity index (χ0n) is 13.2. The van der Waals surface area contributed by atoms with Crippen LogP contribution in [0.15, 0.2) is 16.5 Å². The topological polar surface area (TPSA) is 28.4 Å². The molecule has 0 spiro atoms. The van der Waals surface area contributed by atoms with Crippen LogP contribution < -0.4 is 5.32 Å². The normalized spacial score (nSPS) is 20.4. The van der Waals surface area contributed by atoms with Crippen LogP contribution in [0.2, 0.25) is 0 Å². The van der Waals surface area contributed by atoms with Crippen LogP contribution in [0.4, 0.5) is 0 Å². The maximum atomic E-state index is 5.96. The number of hydrogen-bond acceptors (Lipinski definition) is 3. The first-order chi connectivity index (χ1) is 9.83. The van der Waals surface area contributed by atoms with E-state index in [0.717, 1.165) is 37.2 Å². The standard InChI is InChI=1S/C17H30N2O/c1-3-7-15-8-5-6-12-19(15)14-17-10-9-16(20-17)13-18-11-4-2/h9-10,15,18H,3-8,11-14H2,1-2H3. The van der Waals surface area contributed by atoms with Gasteiger partial charge < -0.3 is 9.73 Å². The molecular weight excluding hydrogens is 248 g/mol. The van der Waals surface area contributed by atoms with Crippen molar-refractivity contribution >= 4 is 0 Å². The first-order valence-electron chi connectivity index (χ1n) is 8.35. The van der Waals surface area contributed by atoms with Gasteiger partial charge in [0.15, 0.2) is 0 Å². The summed E-state index contributed by atoms with van der Waals surface area (Å²) in [7, 11) is 0. The highest BCUT2D eigenvalue weighted by molar-refractivity contribution is 5.07. The largest absolute Gasteiger partial charge is 0.463 e. The van der Waals surface area contributed by atoms with Crippen LogP contribution in [0.1, 0.15) is 63.9 Å². The minimum absolute atomic E-state index is 0.764. The average molecular weight is 278 g/mol. The lowest BCUT2D eigenvalue weighted by Gasteiger charge is -2.35.